The topological polar surface area (TPSA) is 134 Å². The van der Waals surface area contributed by atoms with Gasteiger partial charge in [-0.05, 0) is 66.9 Å². The maximum atomic E-state index is 15.4. The van der Waals surface area contributed by atoms with Crippen LogP contribution in [0.5, 0.6) is 11.5 Å². The van der Waals surface area contributed by atoms with Crippen LogP contribution in [0.15, 0.2) is 82.4 Å². The van der Waals surface area contributed by atoms with Crippen LogP contribution in [0, 0.1) is 0 Å². The molecule has 3 aromatic carbocycles. The summed E-state index contributed by atoms with van der Waals surface area (Å²) in [4.78, 5) is 21.7. The fraction of sp³-hybridized carbons (Fsp3) is 0.312. The molecular weight excluding hydrogens is 620 g/mol. The number of hydrogen-bond acceptors (Lipinski definition) is 10. The summed E-state index contributed by atoms with van der Waals surface area (Å²) >= 11 is 6.49. The highest BCUT2D eigenvalue weighted by Crippen LogP contribution is 2.56. The van der Waals surface area contributed by atoms with E-state index in [4.69, 9.17) is 25.5 Å². The fourth-order valence-electron chi connectivity index (χ4n) is 6.42. The Labute approximate surface area is 266 Å². The second-order valence-corrected chi connectivity index (χ2v) is 13.0. The maximum absolute atomic E-state index is 15.4. The number of ether oxygens (including phenoxy) is 2. The largest absolute Gasteiger partial charge is 0.497 e. The Hall–Kier alpha value is -3.94. The number of aliphatic hydroxyl groups excluding tert-OH is 1. The van der Waals surface area contributed by atoms with Crippen LogP contribution < -0.4 is 19.1 Å². The Balaban J connectivity index is 1.64. The monoisotopic (exact) mass is 652 g/mol. The zero-order valence-electron chi connectivity index (χ0n) is 24.8. The minimum absolute atomic E-state index is 0.0383. The van der Waals surface area contributed by atoms with E-state index in [9.17, 15) is 13.5 Å². The molecule has 0 saturated carbocycles. The highest BCUT2D eigenvalue weighted by atomic mass is 35.5. The molecule has 13 heteroatoms. The minimum atomic E-state index is -4.45. The predicted octanol–water partition coefficient (Wildman–Crippen LogP) is 4.24. The SMILES string of the molecule is COc1ccc(S(=O)(=O)N2C(=O)C(c3cc(CNCCO)ccc3OC)(N3CCCC3c3ncco3)c3ccc(Cl)cc32)cc1. The molecule has 45 heavy (non-hydrogen) atoms. The van der Waals surface area contributed by atoms with Gasteiger partial charge < -0.3 is 24.3 Å². The number of amides is 1. The molecule has 11 nitrogen and oxygen atoms in total. The van der Waals surface area contributed by atoms with Crippen molar-refractivity contribution in [3.8, 4) is 11.5 Å². The summed E-state index contributed by atoms with van der Waals surface area (Å²) in [6.45, 7) is 1.17. The first-order valence-corrected chi connectivity index (χ1v) is 16.3. The lowest BCUT2D eigenvalue weighted by Gasteiger charge is -2.41. The van der Waals surface area contributed by atoms with Crippen molar-refractivity contribution in [1.29, 1.82) is 0 Å². The van der Waals surface area contributed by atoms with Gasteiger partial charge in [0.25, 0.3) is 15.9 Å². The zero-order chi connectivity index (χ0) is 31.8. The van der Waals surface area contributed by atoms with E-state index in [0.29, 0.717) is 61.0 Å². The van der Waals surface area contributed by atoms with Crippen molar-refractivity contribution in [3.63, 3.8) is 0 Å². The molecule has 0 radical (unpaired) electrons. The number of likely N-dealkylation sites (tertiary alicyclic amines) is 1. The van der Waals surface area contributed by atoms with Crippen LogP contribution in [0.25, 0.3) is 0 Å². The first-order chi connectivity index (χ1) is 21.8. The molecule has 2 N–H and O–H groups in total. The molecule has 2 aliphatic heterocycles. The third kappa shape index (κ3) is 5.16. The van der Waals surface area contributed by atoms with Gasteiger partial charge in [0.05, 0.1) is 43.6 Å². The van der Waals surface area contributed by atoms with Gasteiger partial charge in [-0.3, -0.25) is 9.69 Å². The Kier molecular flexibility index (Phi) is 8.59. The van der Waals surface area contributed by atoms with Crippen molar-refractivity contribution < 1.29 is 32.2 Å². The van der Waals surface area contributed by atoms with Gasteiger partial charge in [0.1, 0.15) is 17.8 Å². The smallest absolute Gasteiger partial charge is 0.271 e. The van der Waals surface area contributed by atoms with Gasteiger partial charge in [-0.25, -0.2) is 17.7 Å². The Morgan fingerprint density at radius 3 is 2.58 bits per heavy atom. The predicted molar refractivity (Wildman–Crippen MR) is 167 cm³/mol. The summed E-state index contributed by atoms with van der Waals surface area (Å²) in [6, 6.07) is 15.8. The summed E-state index contributed by atoms with van der Waals surface area (Å²) < 4.78 is 46.7. The Morgan fingerprint density at radius 2 is 1.89 bits per heavy atom. The average Bonchev–Trinajstić information content (AvgIpc) is 3.80. The quantitative estimate of drug-likeness (QED) is 0.227. The fourth-order valence-corrected chi connectivity index (χ4v) is 8.04. The lowest BCUT2D eigenvalue weighted by molar-refractivity contribution is -0.127. The minimum Gasteiger partial charge on any atom is -0.497 e. The Bertz CT molecular complexity index is 1800. The van der Waals surface area contributed by atoms with Crippen molar-refractivity contribution in [1.82, 2.24) is 15.2 Å². The number of aliphatic hydroxyl groups is 1. The molecule has 1 saturated heterocycles. The van der Waals surface area contributed by atoms with Gasteiger partial charge >= 0.3 is 0 Å². The van der Waals surface area contributed by atoms with Crippen LogP contribution in [0.2, 0.25) is 5.02 Å². The van der Waals surface area contributed by atoms with Crippen LogP contribution in [-0.4, -0.2) is 63.2 Å². The van der Waals surface area contributed by atoms with Crippen molar-refractivity contribution in [2.75, 3.05) is 38.2 Å². The molecular formula is C32H33ClN4O7S. The number of fused-ring (bicyclic) bond motifs is 1. The van der Waals surface area contributed by atoms with Crippen LogP contribution in [0.1, 0.15) is 41.5 Å². The molecule has 6 rings (SSSR count). The zero-order valence-corrected chi connectivity index (χ0v) is 26.3. The highest BCUT2D eigenvalue weighted by Gasteiger charge is 2.62. The number of methoxy groups -OCH3 is 2. The molecule has 0 aliphatic carbocycles. The normalized spacial score (nSPS) is 20.0. The summed E-state index contributed by atoms with van der Waals surface area (Å²) in [7, 11) is -1.45. The number of nitrogens with zero attached hydrogens (tertiary/aromatic N) is 3. The van der Waals surface area contributed by atoms with E-state index >= 15 is 4.79 Å². The number of hydrogen-bond donors (Lipinski definition) is 2. The van der Waals surface area contributed by atoms with Gasteiger partial charge in [-0.15, -0.1) is 0 Å². The first kappa shape index (κ1) is 31.1. The van der Waals surface area contributed by atoms with Gasteiger partial charge in [-0.2, -0.15) is 0 Å². The molecule has 1 amide bonds. The number of carbonyl (C=O) groups is 1. The van der Waals surface area contributed by atoms with E-state index < -0.39 is 27.5 Å². The number of aromatic nitrogens is 1. The van der Waals surface area contributed by atoms with Gasteiger partial charge in [-0.1, -0.05) is 23.7 Å². The first-order valence-electron chi connectivity index (χ1n) is 14.5. The van der Waals surface area contributed by atoms with Crippen molar-refractivity contribution in [3.05, 3.63) is 101 Å². The third-order valence-electron chi connectivity index (χ3n) is 8.35. The van der Waals surface area contributed by atoms with Gasteiger partial charge in [0.2, 0.25) is 5.89 Å². The lowest BCUT2D eigenvalue weighted by atomic mass is 9.80. The van der Waals surface area contributed by atoms with E-state index in [1.165, 1.54) is 50.8 Å². The summed E-state index contributed by atoms with van der Waals surface area (Å²) in [5.41, 5.74) is 0.185. The lowest BCUT2D eigenvalue weighted by Crippen LogP contribution is -2.54. The van der Waals surface area contributed by atoms with E-state index in [2.05, 4.69) is 10.3 Å². The van der Waals surface area contributed by atoms with E-state index in [0.717, 1.165) is 9.87 Å². The van der Waals surface area contributed by atoms with Crippen LogP contribution in [-0.2, 0) is 26.9 Å². The summed E-state index contributed by atoms with van der Waals surface area (Å²) in [5.74, 6) is 0.595. The molecule has 0 bridgehead atoms. The molecule has 2 atom stereocenters. The molecule has 236 valence electrons. The number of rotatable bonds is 11. The van der Waals surface area contributed by atoms with Crippen LogP contribution in [0.3, 0.4) is 0 Å². The standard InChI is InChI=1S/C32H33ClN4O7S/c1-42-23-7-9-24(10-8-23)45(40,41)37-28-19-22(33)6-11-25(28)32(31(37)39,36-15-3-4-27(36)30-35-14-17-44-30)26-18-21(20-34-13-16-38)5-12-29(26)43-2/h5-12,14,17-19,27,34,38H,3-4,13,15-16,20H2,1-2H3. The average molecular weight is 653 g/mol. The van der Waals surface area contributed by atoms with E-state index in [1.54, 1.807) is 24.4 Å². The number of sulfonamides is 1. The van der Waals surface area contributed by atoms with Gasteiger partial charge in [0.15, 0.2) is 5.54 Å². The summed E-state index contributed by atoms with van der Waals surface area (Å²) in [5, 5.41) is 12.8. The molecule has 1 fully saturated rings. The molecule has 4 aromatic rings. The van der Waals surface area contributed by atoms with Crippen LogP contribution in [0.4, 0.5) is 5.69 Å². The second kappa shape index (κ2) is 12.5. The highest BCUT2D eigenvalue weighted by molar-refractivity contribution is 7.93. The molecule has 3 heterocycles. The van der Waals surface area contributed by atoms with E-state index in [-0.39, 0.29) is 22.2 Å². The molecule has 1 aromatic heterocycles. The number of benzene rings is 3. The van der Waals surface area contributed by atoms with Crippen molar-refractivity contribution >= 4 is 33.2 Å². The number of anilines is 1. The second-order valence-electron chi connectivity index (χ2n) is 10.8. The Morgan fingerprint density at radius 1 is 1.09 bits per heavy atom. The molecule has 2 aliphatic rings. The number of oxazole rings is 1. The van der Waals surface area contributed by atoms with Gasteiger partial charge in [0, 0.05) is 35.8 Å². The van der Waals surface area contributed by atoms with E-state index in [1.807, 2.05) is 17.0 Å². The van der Waals surface area contributed by atoms with Crippen molar-refractivity contribution in [2.24, 2.45) is 0 Å². The number of halogens is 1. The maximum Gasteiger partial charge on any atom is 0.271 e. The summed E-state index contributed by atoms with van der Waals surface area (Å²) in [6.07, 6.45) is 4.37. The number of nitrogens with one attached hydrogen (secondary N) is 1. The number of carbonyl (C=O) groups excluding carboxylic acids is 1. The third-order valence-corrected chi connectivity index (χ3v) is 10.3. The van der Waals surface area contributed by atoms with Crippen LogP contribution >= 0.6 is 11.6 Å². The van der Waals surface area contributed by atoms with Crippen molar-refractivity contribution in [2.45, 2.75) is 35.9 Å². The molecule has 0 spiro atoms. The molecule has 2 unspecified atom stereocenters.